The van der Waals surface area contributed by atoms with Crippen molar-refractivity contribution < 1.29 is 28.6 Å². The molecule has 0 N–H and O–H groups in total. The molecule has 0 bridgehead atoms. The highest BCUT2D eigenvalue weighted by atomic mass is 35.5. The van der Waals surface area contributed by atoms with E-state index in [1.54, 1.807) is 0 Å². The van der Waals surface area contributed by atoms with Crippen LogP contribution in [0.1, 0.15) is 16.2 Å². The molecule has 1 atom stereocenters. The third-order valence-corrected chi connectivity index (χ3v) is 3.77. The van der Waals surface area contributed by atoms with Gasteiger partial charge in [0.2, 0.25) is 10.5 Å². The van der Waals surface area contributed by atoms with Crippen LogP contribution in [-0.4, -0.2) is 15.5 Å². The van der Waals surface area contributed by atoms with Crippen LogP contribution in [-0.2, 0) is 0 Å². The van der Waals surface area contributed by atoms with Crippen LogP contribution >= 0.6 is 21.8 Å². The standard InChI is InChI=1S/C6H5ClF5NO2S/c1-3-5(15-2-13-3)4(14)6(7)16(8,9,10,11)12/h2,6H,1H3. The van der Waals surface area contributed by atoms with Crippen LogP contribution in [0.5, 0.6) is 0 Å². The normalized spacial score (nSPS) is 18.7. The molecule has 0 aliphatic rings. The highest BCUT2D eigenvalue weighted by Crippen LogP contribution is 3.01. The Morgan fingerprint density at radius 3 is 2.25 bits per heavy atom. The van der Waals surface area contributed by atoms with Crippen LogP contribution in [0.25, 0.3) is 0 Å². The van der Waals surface area contributed by atoms with Gasteiger partial charge in [-0.15, -0.1) is 0 Å². The highest BCUT2D eigenvalue weighted by molar-refractivity contribution is 8.47. The summed E-state index contributed by atoms with van der Waals surface area (Å²) in [6, 6.07) is 0. The maximum atomic E-state index is 12.2. The SMILES string of the molecule is Cc1ncoc1C(=O)C(Cl)S(F)(F)(F)(F)F. The van der Waals surface area contributed by atoms with Crippen molar-refractivity contribution in [3.63, 3.8) is 0 Å². The van der Waals surface area contributed by atoms with Crippen molar-refractivity contribution in [2.24, 2.45) is 0 Å². The molecule has 0 fully saturated rings. The zero-order valence-electron chi connectivity index (χ0n) is 7.59. The number of aromatic nitrogens is 1. The van der Waals surface area contributed by atoms with Crippen molar-refractivity contribution in [2.45, 2.75) is 11.6 Å². The van der Waals surface area contributed by atoms with E-state index in [4.69, 9.17) is 0 Å². The van der Waals surface area contributed by atoms with Crippen molar-refractivity contribution in [1.29, 1.82) is 0 Å². The van der Waals surface area contributed by atoms with Crippen molar-refractivity contribution in [1.82, 2.24) is 4.98 Å². The van der Waals surface area contributed by atoms with Gasteiger partial charge in [0.25, 0.3) is 0 Å². The predicted molar refractivity (Wildman–Crippen MR) is 48.3 cm³/mol. The second-order valence-electron chi connectivity index (χ2n) is 2.98. The summed E-state index contributed by atoms with van der Waals surface area (Å²) in [6.45, 7) is 1.13. The summed E-state index contributed by atoms with van der Waals surface area (Å²) in [7, 11) is -10.1. The Kier molecular flexibility index (Phi) is 2.39. The van der Waals surface area contributed by atoms with Gasteiger partial charge in [-0.1, -0.05) is 31.0 Å². The molecule has 1 heterocycles. The van der Waals surface area contributed by atoms with Crippen LogP contribution in [0.15, 0.2) is 10.8 Å². The van der Waals surface area contributed by atoms with E-state index in [-0.39, 0.29) is 5.69 Å². The maximum absolute atomic E-state index is 12.2. The molecule has 0 spiro atoms. The minimum Gasteiger partial charge on any atom is -0.440 e. The molecule has 0 saturated heterocycles. The summed E-state index contributed by atoms with van der Waals surface area (Å²) in [6.07, 6.45) is 0.664. The minimum atomic E-state index is -10.1. The third-order valence-electron chi connectivity index (χ3n) is 1.57. The zero-order valence-corrected chi connectivity index (χ0v) is 9.17. The van der Waals surface area contributed by atoms with Crippen molar-refractivity contribution >= 4 is 27.6 Å². The van der Waals surface area contributed by atoms with Gasteiger partial charge in [0.15, 0.2) is 12.2 Å². The van der Waals surface area contributed by atoms with E-state index >= 15 is 0 Å². The molecule has 0 saturated carbocycles. The first-order valence-corrected chi connectivity index (χ1v) is 6.09. The maximum Gasteiger partial charge on any atom is 0.307 e. The fourth-order valence-electron chi connectivity index (χ4n) is 0.844. The van der Waals surface area contributed by atoms with Gasteiger partial charge in [0.05, 0.1) is 5.69 Å². The van der Waals surface area contributed by atoms with E-state index in [0.29, 0.717) is 6.39 Å². The number of nitrogens with zero attached hydrogens (tertiary/aromatic N) is 1. The highest BCUT2D eigenvalue weighted by Gasteiger charge is 2.72. The Balaban J connectivity index is 3.17. The van der Waals surface area contributed by atoms with Gasteiger partial charge in [-0.3, -0.25) is 4.79 Å². The van der Waals surface area contributed by atoms with Crippen LogP contribution in [0.2, 0.25) is 0 Å². The Hall–Kier alpha value is -0.830. The summed E-state index contributed by atoms with van der Waals surface area (Å²) in [5, 5.41) is 0. The van der Waals surface area contributed by atoms with Crippen LogP contribution in [0.4, 0.5) is 19.4 Å². The van der Waals surface area contributed by atoms with Crippen molar-refractivity contribution in [3.8, 4) is 0 Å². The molecule has 1 rings (SSSR count). The number of aryl methyl sites for hydroxylation is 1. The quantitative estimate of drug-likeness (QED) is 0.478. The van der Waals surface area contributed by atoms with E-state index in [0.717, 1.165) is 6.92 Å². The van der Waals surface area contributed by atoms with Crippen molar-refractivity contribution in [2.75, 3.05) is 0 Å². The van der Waals surface area contributed by atoms with E-state index in [1.165, 1.54) is 0 Å². The molecule has 94 valence electrons. The summed E-state index contributed by atoms with van der Waals surface area (Å²) in [5.74, 6) is -2.97. The molecule has 3 nitrogen and oxygen atoms in total. The fourth-order valence-corrected chi connectivity index (χ4v) is 1.45. The number of rotatable bonds is 3. The van der Waals surface area contributed by atoms with Crippen LogP contribution < -0.4 is 0 Å². The molecular weight excluding hydrogens is 281 g/mol. The molecule has 1 aromatic heterocycles. The van der Waals surface area contributed by atoms with Gasteiger partial charge < -0.3 is 4.42 Å². The summed E-state index contributed by atoms with van der Waals surface area (Å²) < 4.78 is 61.2. The number of alkyl halides is 1. The average Bonchev–Trinajstić information content (AvgIpc) is 2.44. The predicted octanol–water partition coefficient (Wildman–Crippen LogP) is 4.03. The number of oxazole rings is 1. The smallest absolute Gasteiger partial charge is 0.307 e. The number of ketones is 1. The molecule has 10 heteroatoms. The number of Topliss-reactive ketones (excluding diaryl/α,β-unsaturated/α-hetero) is 1. The fraction of sp³-hybridized carbons (Fsp3) is 0.333. The number of carbonyl (C=O) groups is 1. The number of carbonyl (C=O) groups excluding carboxylic acids is 1. The molecule has 0 aliphatic heterocycles. The Bertz CT molecular complexity index is 440. The first-order valence-electron chi connectivity index (χ1n) is 3.64. The summed E-state index contributed by atoms with van der Waals surface area (Å²) in [5.41, 5.74) is -0.238. The number of halogens is 6. The lowest BCUT2D eigenvalue weighted by Crippen LogP contribution is -2.28. The summed E-state index contributed by atoms with van der Waals surface area (Å²) >= 11 is 4.49. The average molecular weight is 286 g/mol. The second-order valence-corrected chi connectivity index (χ2v) is 6.20. The van der Waals surface area contributed by atoms with E-state index < -0.39 is 26.5 Å². The van der Waals surface area contributed by atoms with Gasteiger partial charge in [0.1, 0.15) is 0 Å². The lowest BCUT2D eigenvalue weighted by atomic mass is 10.3. The molecule has 0 aliphatic carbocycles. The molecule has 0 amide bonds. The number of hydrogen-bond acceptors (Lipinski definition) is 3. The molecule has 0 aromatic carbocycles. The van der Waals surface area contributed by atoms with E-state index in [9.17, 15) is 24.2 Å². The topological polar surface area (TPSA) is 43.1 Å². The lowest BCUT2D eigenvalue weighted by molar-refractivity contribution is 0.0969. The molecule has 16 heavy (non-hydrogen) atoms. The Morgan fingerprint density at radius 1 is 1.44 bits per heavy atom. The van der Waals surface area contributed by atoms with Gasteiger partial charge >= 0.3 is 10.2 Å². The minimum absolute atomic E-state index is 0.238. The molecule has 1 aromatic rings. The Labute approximate surface area is 91.3 Å². The van der Waals surface area contributed by atoms with Crippen molar-refractivity contribution in [3.05, 3.63) is 17.8 Å². The lowest BCUT2D eigenvalue weighted by Gasteiger charge is -2.42. The van der Waals surface area contributed by atoms with Gasteiger partial charge in [0, 0.05) is 0 Å². The van der Waals surface area contributed by atoms with Gasteiger partial charge in [-0.05, 0) is 6.92 Å². The van der Waals surface area contributed by atoms with E-state index in [2.05, 4.69) is 21.0 Å². The van der Waals surface area contributed by atoms with Gasteiger partial charge in [-0.25, -0.2) is 4.98 Å². The first kappa shape index (κ1) is 13.2. The third kappa shape index (κ3) is 2.64. The van der Waals surface area contributed by atoms with Crippen LogP contribution in [0, 0.1) is 6.92 Å². The first-order chi connectivity index (χ1) is 6.83. The zero-order chi connectivity index (χ0) is 12.8. The van der Waals surface area contributed by atoms with Gasteiger partial charge in [-0.2, -0.15) is 0 Å². The second kappa shape index (κ2) is 2.89. The van der Waals surface area contributed by atoms with Crippen LogP contribution in [0.3, 0.4) is 0 Å². The molecule has 1 unspecified atom stereocenters. The molecule has 0 radical (unpaired) electrons. The number of hydrogen-bond donors (Lipinski definition) is 0. The Morgan fingerprint density at radius 2 is 1.94 bits per heavy atom. The molecular formula is C6H5ClF5NO2S. The largest absolute Gasteiger partial charge is 0.440 e. The monoisotopic (exact) mass is 285 g/mol. The van der Waals surface area contributed by atoms with E-state index in [1.807, 2.05) is 0 Å². The summed E-state index contributed by atoms with van der Waals surface area (Å²) in [4.78, 5) is 14.3.